The summed E-state index contributed by atoms with van der Waals surface area (Å²) in [6, 6.07) is 0. The highest BCUT2D eigenvalue weighted by atomic mass is 19.4. The van der Waals surface area contributed by atoms with E-state index in [1.165, 1.54) is 0 Å². The highest BCUT2D eigenvalue weighted by Crippen LogP contribution is 2.18. The normalized spacial score (nSPS) is 11.3. The predicted molar refractivity (Wildman–Crippen MR) is 67.5 cm³/mol. The molecule has 0 amide bonds. The van der Waals surface area contributed by atoms with Crippen LogP contribution in [-0.2, 0) is 9.59 Å². The molecule has 1 N–H and O–H groups in total. The van der Waals surface area contributed by atoms with Crippen molar-refractivity contribution in [3.63, 3.8) is 0 Å². The Kier molecular flexibility index (Phi) is 16.7. The molecule has 0 aliphatic heterocycles. The molecule has 0 aliphatic rings. The van der Waals surface area contributed by atoms with Crippen LogP contribution in [0.1, 0.15) is 12.8 Å². The smallest absolute Gasteiger partial charge is 0.409 e. The van der Waals surface area contributed by atoms with Gasteiger partial charge in [0.05, 0.1) is 6.42 Å². The molecule has 0 aromatic carbocycles. The van der Waals surface area contributed by atoms with Crippen molar-refractivity contribution in [3.05, 3.63) is 25.3 Å². The van der Waals surface area contributed by atoms with Gasteiger partial charge in [0.25, 0.3) is 0 Å². The summed E-state index contributed by atoms with van der Waals surface area (Å²) in [6.45, 7) is 5.01. The Labute approximate surface area is 143 Å². The van der Waals surface area contributed by atoms with Crippen LogP contribution in [0, 0.1) is 0 Å². The number of halogens is 12. The Morgan fingerprint density at radius 2 is 1.00 bits per heavy atom. The second kappa shape index (κ2) is 13.9. The first-order valence-corrected chi connectivity index (χ1v) is 5.79. The molecule has 0 spiro atoms. The minimum absolute atomic E-state index is 0.0625. The van der Waals surface area contributed by atoms with Crippen LogP contribution in [0.15, 0.2) is 25.3 Å². The molecule has 0 aromatic heterocycles. The van der Waals surface area contributed by atoms with Gasteiger partial charge >= 0.3 is 30.7 Å². The van der Waals surface area contributed by atoms with E-state index in [1.54, 1.807) is 0 Å². The molecule has 15 heteroatoms. The standard InChI is InChI=1S/C3H3F3O2.C3H3F3O.2C3H3F3/c4-3(5,6)1-2(7)8;4-3(5,6)1-2-7;2*1-2-3(4,5)6/h1H2,(H,7,8);2H,1H2;2*2H,1H2. The second-order valence-electron chi connectivity index (χ2n) is 3.66. The molecule has 0 aromatic rings. The van der Waals surface area contributed by atoms with Gasteiger partial charge in [0.1, 0.15) is 12.7 Å². The van der Waals surface area contributed by atoms with E-state index in [9.17, 15) is 57.5 Å². The van der Waals surface area contributed by atoms with Crippen molar-refractivity contribution in [1.82, 2.24) is 0 Å². The zero-order chi connectivity index (χ0) is 23.1. The van der Waals surface area contributed by atoms with E-state index in [0.29, 0.717) is 0 Å². The van der Waals surface area contributed by atoms with Crippen LogP contribution in [0.3, 0.4) is 0 Å². The average Bonchev–Trinajstić information content (AvgIpc) is 2.34. The summed E-state index contributed by atoms with van der Waals surface area (Å²) in [6.07, 6.45) is -20.7. The third-order valence-corrected chi connectivity index (χ3v) is 1.13. The molecule has 0 saturated carbocycles. The number of hydrogen-bond donors (Lipinski definition) is 1. The van der Waals surface area contributed by atoms with Crippen LogP contribution in [0.25, 0.3) is 0 Å². The Balaban J connectivity index is -0.000000132. The summed E-state index contributed by atoms with van der Waals surface area (Å²) in [5, 5.41) is 7.53. The first-order chi connectivity index (χ1) is 11.6. The number of carbonyl (C=O) groups excluding carboxylic acids is 1. The maximum absolute atomic E-state index is 10.9. The number of alkyl halides is 12. The fourth-order valence-corrected chi connectivity index (χ4v) is 0.266. The van der Waals surface area contributed by atoms with Crippen molar-refractivity contribution in [1.29, 1.82) is 0 Å². The minimum atomic E-state index is -4.58. The summed E-state index contributed by atoms with van der Waals surface area (Å²) in [5.74, 6) is -1.85. The number of aliphatic carboxylic acids is 1. The summed E-state index contributed by atoms with van der Waals surface area (Å²) in [7, 11) is 0. The highest BCUT2D eigenvalue weighted by Gasteiger charge is 2.30. The van der Waals surface area contributed by atoms with E-state index in [0.717, 1.165) is 0 Å². The fourth-order valence-electron chi connectivity index (χ4n) is 0.266. The van der Waals surface area contributed by atoms with Crippen LogP contribution in [-0.4, -0.2) is 42.1 Å². The van der Waals surface area contributed by atoms with Crippen LogP contribution >= 0.6 is 0 Å². The molecule has 0 saturated heterocycles. The van der Waals surface area contributed by atoms with Gasteiger partial charge in [-0.15, -0.1) is 0 Å². The number of carbonyl (C=O) groups is 2. The van der Waals surface area contributed by atoms with Crippen molar-refractivity contribution in [3.8, 4) is 0 Å². The van der Waals surface area contributed by atoms with Gasteiger partial charge in [-0.05, 0) is 0 Å². The van der Waals surface area contributed by atoms with Crippen LogP contribution in [0.2, 0.25) is 0 Å². The van der Waals surface area contributed by atoms with E-state index < -0.39 is 43.5 Å². The largest absolute Gasteiger partial charge is 0.481 e. The maximum atomic E-state index is 10.9. The van der Waals surface area contributed by atoms with Gasteiger partial charge in [0.15, 0.2) is 0 Å². The van der Waals surface area contributed by atoms with Gasteiger partial charge in [-0.2, -0.15) is 52.7 Å². The molecule has 0 radical (unpaired) electrons. The lowest BCUT2D eigenvalue weighted by atomic mass is 10.4. The van der Waals surface area contributed by atoms with Crippen molar-refractivity contribution in [2.45, 2.75) is 37.5 Å². The minimum Gasteiger partial charge on any atom is -0.481 e. The SMILES string of the molecule is C=CC(F)(F)F.C=CC(F)(F)F.O=C(O)CC(F)(F)F.O=CCC(F)(F)F. The predicted octanol–water partition coefficient (Wildman–Crippen LogP) is 5.63. The number of carboxylic acids is 1. The number of carboxylic acid groups (broad SMARTS) is 1. The molecule has 0 heterocycles. The summed E-state index contributed by atoms with van der Waals surface area (Å²) in [4.78, 5) is 18.4. The molecule has 0 unspecified atom stereocenters. The first-order valence-electron chi connectivity index (χ1n) is 5.79. The van der Waals surface area contributed by atoms with Crippen molar-refractivity contribution < 1.29 is 67.4 Å². The van der Waals surface area contributed by atoms with E-state index >= 15 is 0 Å². The zero-order valence-electron chi connectivity index (χ0n) is 12.9. The van der Waals surface area contributed by atoms with E-state index in [4.69, 9.17) is 9.90 Å². The lowest BCUT2D eigenvalue weighted by molar-refractivity contribution is -0.166. The molecule has 0 atom stereocenters. The Bertz CT molecular complexity index is 411. The van der Waals surface area contributed by atoms with Crippen LogP contribution in [0.4, 0.5) is 52.7 Å². The maximum Gasteiger partial charge on any atom is 0.409 e. The third-order valence-electron chi connectivity index (χ3n) is 1.13. The molecular weight excluding hydrogens is 420 g/mol. The average molecular weight is 432 g/mol. The molecule has 0 fully saturated rings. The lowest BCUT2D eigenvalue weighted by Gasteiger charge is -1.98. The molecule has 3 nitrogen and oxygen atoms in total. The van der Waals surface area contributed by atoms with Crippen molar-refractivity contribution in [2.75, 3.05) is 0 Å². The van der Waals surface area contributed by atoms with Gasteiger partial charge in [0, 0.05) is 12.2 Å². The highest BCUT2D eigenvalue weighted by molar-refractivity contribution is 5.67. The van der Waals surface area contributed by atoms with Gasteiger partial charge in [0.2, 0.25) is 0 Å². The second-order valence-corrected chi connectivity index (χ2v) is 3.66. The number of allylic oxidation sites excluding steroid dienone is 2. The van der Waals surface area contributed by atoms with E-state index in [-0.39, 0.29) is 18.4 Å². The summed E-state index contributed by atoms with van der Waals surface area (Å²) < 4.78 is 129. The third kappa shape index (κ3) is 69.1. The molecule has 0 aliphatic carbocycles. The Hall–Kier alpha value is -2.22. The monoisotopic (exact) mass is 432 g/mol. The molecule has 162 valence electrons. The number of hydrogen-bond acceptors (Lipinski definition) is 2. The van der Waals surface area contributed by atoms with Gasteiger partial charge in [-0.1, -0.05) is 13.2 Å². The van der Waals surface area contributed by atoms with Gasteiger partial charge < -0.3 is 9.90 Å². The zero-order valence-corrected chi connectivity index (χ0v) is 12.9. The topological polar surface area (TPSA) is 54.4 Å². The lowest BCUT2D eigenvalue weighted by Crippen LogP contribution is -2.13. The quantitative estimate of drug-likeness (QED) is 0.350. The van der Waals surface area contributed by atoms with Crippen molar-refractivity contribution >= 4 is 12.3 Å². The Morgan fingerprint density at radius 1 is 0.741 bits per heavy atom. The fraction of sp³-hybridized carbons (Fsp3) is 0.500. The van der Waals surface area contributed by atoms with Gasteiger partial charge in [-0.3, -0.25) is 4.79 Å². The van der Waals surface area contributed by atoms with Crippen LogP contribution in [0.5, 0.6) is 0 Å². The molecular formula is C12H12F12O3. The Morgan fingerprint density at radius 3 is 1.00 bits per heavy atom. The first kappa shape index (κ1) is 32.5. The van der Waals surface area contributed by atoms with Gasteiger partial charge in [-0.25, -0.2) is 0 Å². The molecule has 0 rings (SSSR count). The summed E-state index contributed by atoms with van der Waals surface area (Å²) in [5.41, 5.74) is 0. The van der Waals surface area contributed by atoms with Crippen molar-refractivity contribution in [2.24, 2.45) is 0 Å². The summed E-state index contributed by atoms with van der Waals surface area (Å²) >= 11 is 0. The number of aldehydes is 1. The molecule has 27 heavy (non-hydrogen) atoms. The number of rotatable bonds is 2. The van der Waals surface area contributed by atoms with Crippen LogP contribution < -0.4 is 0 Å². The van der Waals surface area contributed by atoms with E-state index in [2.05, 4.69) is 13.2 Å². The molecule has 0 bridgehead atoms. The van der Waals surface area contributed by atoms with E-state index in [1.807, 2.05) is 0 Å².